The van der Waals surface area contributed by atoms with Gasteiger partial charge in [0.05, 0.1) is 0 Å². The van der Waals surface area contributed by atoms with Gasteiger partial charge in [0.2, 0.25) is 0 Å². The van der Waals surface area contributed by atoms with E-state index < -0.39 is 11.8 Å². The molecule has 1 aliphatic heterocycles. The Morgan fingerprint density at radius 1 is 1.06 bits per heavy atom. The van der Waals surface area contributed by atoms with Crippen LogP contribution in [0.4, 0.5) is 0 Å². The lowest BCUT2D eigenvalue weighted by molar-refractivity contribution is -0.135. The predicted molar refractivity (Wildman–Crippen MR) is 56.3 cm³/mol. The van der Waals surface area contributed by atoms with Gasteiger partial charge in [0.25, 0.3) is 0 Å². The van der Waals surface area contributed by atoms with E-state index in [-0.39, 0.29) is 0 Å². The molecule has 0 saturated heterocycles. The first kappa shape index (κ1) is 10.0. The molecule has 2 N–H and O–H groups in total. The Morgan fingerprint density at radius 2 is 1.88 bits per heavy atom. The van der Waals surface area contributed by atoms with E-state index in [9.17, 15) is 9.59 Å². The number of carbonyl (C=O) groups excluding carboxylic acids is 2. The molecule has 0 spiro atoms. The van der Waals surface area contributed by atoms with Gasteiger partial charge in [-0.3, -0.25) is 9.59 Å². The molecule has 6 nitrogen and oxygen atoms in total. The smallest absolute Gasteiger partial charge is 0.356 e. The maximum Gasteiger partial charge on any atom is 0.356 e. The van der Waals surface area contributed by atoms with Crippen LogP contribution in [-0.4, -0.2) is 16.8 Å². The Kier molecular flexibility index (Phi) is 2.73. The molecular formula is C10H8N4O2. The Morgan fingerprint density at radius 3 is 2.44 bits per heavy atom. The van der Waals surface area contributed by atoms with Gasteiger partial charge in [-0.2, -0.15) is 0 Å². The highest BCUT2D eigenvalue weighted by atomic mass is 16.2. The van der Waals surface area contributed by atoms with Crippen LogP contribution in [0.1, 0.15) is 0 Å². The summed E-state index contributed by atoms with van der Waals surface area (Å²) in [6.07, 6.45) is 1.95. The molecule has 0 atom stereocenters. The zero-order chi connectivity index (χ0) is 11.4. The zero-order valence-electron chi connectivity index (χ0n) is 8.18. The number of benzene rings is 1. The fourth-order valence-electron chi connectivity index (χ4n) is 1.20. The lowest BCUT2D eigenvalue weighted by atomic mass is 10.3. The van der Waals surface area contributed by atoms with Gasteiger partial charge >= 0.3 is 11.8 Å². The first-order valence-corrected chi connectivity index (χ1v) is 4.54. The summed E-state index contributed by atoms with van der Waals surface area (Å²) in [4.78, 5) is 22.9. The molecule has 0 saturated carbocycles. The van der Waals surface area contributed by atoms with E-state index in [1.807, 2.05) is 23.8 Å². The molecule has 0 fully saturated rings. The number of hydrogen-bond acceptors (Lipinski definition) is 3. The van der Waals surface area contributed by atoms with Crippen LogP contribution >= 0.6 is 0 Å². The quantitative estimate of drug-likeness (QED) is 0.648. The number of aromatic amines is 1. The molecule has 0 unspecified atom stereocenters. The minimum Gasteiger partial charge on any atom is -0.361 e. The fraction of sp³-hybridized carbons (Fsp3) is 0. The van der Waals surface area contributed by atoms with Crippen molar-refractivity contribution in [2.45, 2.75) is 0 Å². The van der Waals surface area contributed by atoms with Gasteiger partial charge in [-0.05, 0) is 17.5 Å². The predicted octanol–water partition coefficient (Wildman–Crippen LogP) is 1.18. The highest BCUT2D eigenvalue weighted by Crippen LogP contribution is 2.09. The van der Waals surface area contributed by atoms with Crippen molar-refractivity contribution in [1.82, 2.24) is 10.4 Å². The number of fused-ring (bicyclic) bond motifs is 1. The number of carbonyl (C=O) groups is 2. The van der Waals surface area contributed by atoms with Crippen molar-refractivity contribution in [2.75, 3.05) is 0 Å². The SMILES string of the molecule is O=C1N=NNC1=O.c1ccc2[nH]ccc2c1. The van der Waals surface area contributed by atoms with Crippen molar-refractivity contribution in [3.05, 3.63) is 36.5 Å². The van der Waals surface area contributed by atoms with Gasteiger partial charge in [0, 0.05) is 11.7 Å². The van der Waals surface area contributed by atoms with Crippen molar-refractivity contribution >= 4 is 22.7 Å². The van der Waals surface area contributed by atoms with Gasteiger partial charge in [-0.1, -0.05) is 28.5 Å². The summed E-state index contributed by atoms with van der Waals surface area (Å²) in [5.41, 5.74) is 3.05. The highest BCUT2D eigenvalue weighted by Gasteiger charge is 2.16. The van der Waals surface area contributed by atoms with Crippen molar-refractivity contribution < 1.29 is 9.59 Å². The number of amides is 2. The average Bonchev–Trinajstić information content (AvgIpc) is 2.89. The maximum absolute atomic E-state index is 9.93. The number of nitrogens with one attached hydrogen (secondary N) is 2. The number of para-hydroxylation sites is 1. The fourth-order valence-corrected chi connectivity index (χ4v) is 1.20. The second kappa shape index (κ2) is 4.35. The molecule has 6 heteroatoms. The van der Waals surface area contributed by atoms with Crippen molar-refractivity contribution in [3.8, 4) is 0 Å². The number of hydrogen-bond donors (Lipinski definition) is 2. The third-order valence-corrected chi connectivity index (χ3v) is 1.95. The van der Waals surface area contributed by atoms with Crippen molar-refractivity contribution in [2.24, 2.45) is 10.3 Å². The summed E-state index contributed by atoms with van der Waals surface area (Å²) in [6, 6.07) is 10.3. The van der Waals surface area contributed by atoms with E-state index in [1.54, 1.807) is 0 Å². The first-order chi connectivity index (χ1) is 7.77. The summed E-state index contributed by atoms with van der Waals surface area (Å²) in [7, 11) is 0. The number of aromatic nitrogens is 1. The molecule has 2 amide bonds. The molecule has 1 aromatic heterocycles. The Bertz CT molecular complexity index is 528. The van der Waals surface area contributed by atoms with Gasteiger partial charge in [-0.15, -0.1) is 0 Å². The van der Waals surface area contributed by atoms with Crippen LogP contribution in [0.3, 0.4) is 0 Å². The minimum atomic E-state index is -0.833. The van der Waals surface area contributed by atoms with Crippen LogP contribution in [0.25, 0.3) is 10.9 Å². The molecule has 1 aromatic carbocycles. The van der Waals surface area contributed by atoms with Crippen LogP contribution in [0.2, 0.25) is 0 Å². The molecule has 1 aliphatic rings. The first-order valence-electron chi connectivity index (χ1n) is 4.54. The molecule has 16 heavy (non-hydrogen) atoms. The normalized spacial score (nSPS) is 13.5. The molecular weight excluding hydrogens is 208 g/mol. The third kappa shape index (κ3) is 2.11. The molecule has 0 aliphatic carbocycles. The molecule has 2 aromatic rings. The van der Waals surface area contributed by atoms with E-state index in [4.69, 9.17) is 0 Å². The topological polar surface area (TPSA) is 86.7 Å². The zero-order valence-corrected chi connectivity index (χ0v) is 8.18. The van der Waals surface area contributed by atoms with Crippen molar-refractivity contribution in [1.29, 1.82) is 0 Å². The summed E-state index contributed by atoms with van der Waals surface area (Å²) in [5, 5.41) is 7.04. The summed E-state index contributed by atoms with van der Waals surface area (Å²) in [5.74, 6) is -1.60. The molecule has 0 radical (unpaired) electrons. The van der Waals surface area contributed by atoms with Gasteiger partial charge in [0.1, 0.15) is 0 Å². The van der Waals surface area contributed by atoms with Crippen LogP contribution < -0.4 is 5.43 Å². The lowest BCUT2D eigenvalue weighted by Crippen LogP contribution is -2.17. The Hall–Kier alpha value is -2.50. The van der Waals surface area contributed by atoms with Gasteiger partial charge in [0.15, 0.2) is 0 Å². The molecule has 80 valence electrons. The average molecular weight is 216 g/mol. The number of nitrogens with zero attached hydrogens (tertiary/aromatic N) is 2. The van der Waals surface area contributed by atoms with Gasteiger partial charge in [-0.25, -0.2) is 5.43 Å². The second-order valence-electron chi connectivity index (χ2n) is 3.01. The minimum absolute atomic E-state index is 0.764. The highest BCUT2D eigenvalue weighted by molar-refractivity contribution is 6.36. The van der Waals surface area contributed by atoms with Crippen LogP contribution in [0.15, 0.2) is 46.9 Å². The van der Waals surface area contributed by atoms with Crippen LogP contribution in [0, 0.1) is 0 Å². The summed E-state index contributed by atoms with van der Waals surface area (Å²) >= 11 is 0. The van der Waals surface area contributed by atoms with Gasteiger partial charge < -0.3 is 4.98 Å². The van der Waals surface area contributed by atoms with E-state index in [0.717, 1.165) is 0 Å². The summed E-state index contributed by atoms with van der Waals surface area (Å²) in [6.45, 7) is 0. The van der Waals surface area contributed by atoms with E-state index >= 15 is 0 Å². The molecule has 0 bridgehead atoms. The monoisotopic (exact) mass is 216 g/mol. The number of rotatable bonds is 0. The van der Waals surface area contributed by atoms with E-state index in [2.05, 4.69) is 33.5 Å². The van der Waals surface area contributed by atoms with Crippen LogP contribution in [-0.2, 0) is 9.59 Å². The summed E-state index contributed by atoms with van der Waals surface area (Å²) < 4.78 is 0. The standard InChI is InChI=1S/C8H7N.C2HN3O2/c1-2-4-8-7(3-1)5-6-9-8;6-1-2(7)4-5-3-1/h1-6,9H;(H,3,4,6,7). The second-order valence-corrected chi connectivity index (χ2v) is 3.01. The maximum atomic E-state index is 9.93. The third-order valence-electron chi connectivity index (χ3n) is 1.95. The van der Waals surface area contributed by atoms with E-state index in [1.165, 1.54) is 10.9 Å². The largest absolute Gasteiger partial charge is 0.361 e. The van der Waals surface area contributed by atoms with Crippen molar-refractivity contribution in [3.63, 3.8) is 0 Å². The lowest BCUT2D eigenvalue weighted by Gasteiger charge is -1.83. The Labute approximate surface area is 90.3 Å². The molecule has 2 heterocycles. The Balaban J connectivity index is 0.000000125. The van der Waals surface area contributed by atoms with Crippen LogP contribution in [0.5, 0.6) is 0 Å². The van der Waals surface area contributed by atoms with E-state index in [0.29, 0.717) is 0 Å². The molecule has 3 rings (SSSR count). The number of H-pyrrole nitrogens is 1.